The van der Waals surface area contributed by atoms with E-state index in [-0.39, 0.29) is 29.4 Å². The summed E-state index contributed by atoms with van der Waals surface area (Å²) in [5, 5.41) is 0.455. The number of rotatable bonds is 6. The largest absolute Gasteiger partial charge is 0.434 e. The van der Waals surface area contributed by atoms with Crippen LogP contribution in [-0.4, -0.2) is 17.7 Å². The van der Waals surface area contributed by atoms with Crippen molar-refractivity contribution in [3.63, 3.8) is 0 Å². The fourth-order valence-corrected chi connectivity index (χ4v) is 1.99. The maximum atomic E-state index is 12.2. The molecule has 6 heteroatoms. The van der Waals surface area contributed by atoms with Crippen molar-refractivity contribution < 1.29 is 18.3 Å². The smallest absolute Gasteiger partial charge is 0.387 e. The lowest BCUT2D eigenvalue weighted by molar-refractivity contribution is -0.0501. The van der Waals surface area contributed by atoms with E-state index in [0.29, 0.717) is 10.9 Å². The number of ether oxygens (including phenoxy) is 1. The molecule has 0 atom stereocenters. The Morgan fingerprint density at radius 3 is 2.71 bits per heavy atom. The van der Waals surface area contributed by atoms with Gasteiger partial charge in [-0.25, -0.2) is 0 Å². The number of benzene rings is 1. The first-order chi connectivity index (χ1) is 8.10. The molecule has 0 fully saturated rings. The molecule has 2 nitrogen and oxygen atoms in total. The van der Waals surface area contributed by atoms with Crippen LogP contribution in [0.2, 0.25) is 0 Å². The third-order valence-electron chi connectivity index (χ3n) is 2.07. The molecule has 0 saturated heterocycles. The van der Waals surface area contributed by atoms with Crippen molar-refractivity contribution in [3.05, 3.63) is 29.3 Å². The number of hydrogen-bond acceptors (Lipinski definition) is 2. The second kappa shape index (κ2) is 6.91. The first-order valence-electron chi connectivity index (χ1n) is 4.82. The van der Waals surface area contributed by atoms with Gasteiger partial charge in [0, 0.05) is 17.6 Å². The van der Waals surface area contributed by atoms with Crippen LogP contribution >= 0.6 is 27.5 Å². The van der Waals surface area contributed by atoms with Gasteiger partial charge in [0.1, 0.15) is 5.75 Å². The fraction of sp³-hybridized carbons (Fsp3) is 0.364. The highest BCUT2D eigenvalue weighted by atomic mass is 79.9. The van der Waals surface area contributed by atoms with Crippen molar-refractivity contribution in [2.75, 3.05) is 5.33 Å². The predicted molar refractivity (Wildman–Crippen MR) is 65.4 cm³/mol. The van der Waals surface area contributed by atoms with E-state index in [0.717, 1.165) is 0 Å². The first kappa shape index (κ1) is 14.4. The van der Waals surface area contributed by atoms with Crippen LogP contribution in [0, 0.1) is 0 Å². The third-order valence-corrected chi connectivity index (χ3v) is 2.76. The second-order valence-corrected chi connectivity index (χ2v) is 4.22. The maximum Gasteiger partial charge on any atom is 0.387 e. The average molecular weight is 328 g/mol. The summed E-state index contributed by atoms with van der Waals surface area (Å²) in [5.74, 6) is -0.318. The maximum absolute atomic E-state index is 12.2. The molecule has 0 radical (unpaired) electrons. The number of carbonyl (C=O) groups excluding carboxylic acids is 1. The van der Waals surface area contributed by atoms with Crippen molar-refractivity contribution >= 4 is 33.3 Å². The van der Waals surface area contributed by atoms with Gasteiger partial charge in [-0.3, -0.25) is 4.79 Å². The SMILES string of the molecule is O=C(CCBr)c1c(CCl)cccc1OC(F)F. The summed E-state index contributed by atoms with van der Waals surface area (Å²) >= 11 is 8.80. The van der Waals surface area contributed by atoms with Crippen LogP contribution in [0.5, 0.6) is 5.75 Å². The zero-order valence-electron chi connectivity index (χ0n) is 8.76. The number of ketones is 1. The molecule has 0 spiro atoms. The van der Waals surface area contributed by atoms with Crippen molar-refractivity contribution in [2.24, 2.45) is 0 Å². The van der Waals surface area contributed by atoms with Gasteiger partial charge in [0.25, 0.3) is 0 Å². The number of halogens is 4. The Labute approximate surface area is 111 Å². The lowest BCUT2D eigenvalue weighted by Gasteiger charge is -2.12. The standard InChI is InChI=1S/C11H10BrClF2O2/c12-5-4-8(16)10-7(6-13)2-1-3-9(10)17-11(14)15/h1-3,11H,4-6H2. The molecular weight excluding hydrogens is 317 g/mol. The molecule has 1 rings (SSSR count). The Morgan fingerprint density at radius 1 is 1.47 bits per heavy atom. The molecule has 0 bridgehead atoms. The van der Waals surface area contributed by atoms with Crippen LogP contribution in [0.1, 0.15) is 22.3 Å². The van der Waals surface area contributed by atoms with Crippen LogP contribution in [-0.2, 0) is 5.88 Å². The van der Waals surface area contributed by atoms with Gasteiger partial charge in [0.2, 0.25) is 0 Å². The Balaban J connectivity index is 3.15. The van der Waals surface area contributed by atoms with Crippen LogP contribution in [0.4, 0.5) is 8.78 Å². The van der Waals surface area contributed by atoms with Gasteiger partial charge in [0.15, 0.2) is 5.78 Å². The van der Waals surface area contributed by atoms with Gasteiger partial charge in [0.05, 0.1) is 5.56 Å². The molecule has 1 aromatic carbocycles. The minimum absolute atomic E-state index is 0.0732. The van der Waals surface area contributed by atoms with Crippen molar-refractivity contribution in [1.29, 1.82) is 0 Å². The second-order valence-electron chi connectivity index (χ2n) is 3.16. The van der Waals surface area contributed by atoms with E-state index < -0.39 is 6.61 Å². The van der Waals surface area contributed by atoms with Gasteiger partial charge in [-0.05, 0) is 11.6 Å². The molecule has 0 aliphatic rings. The highest BCUT2D eigenvalue weighted by Crippen LogP contribution is 2.27. The van der Waals surface area contributed by atoms with Gasteiger partial charge in [-0.15, -0.1) is 11.6 Å². The molecular formula is C11H10BrClF2O2. The molecule has 0 amide bonds. The molecule has 0 unspecified atom stereocenters. The molecule has 17 heavy (non-hydrogen) atoms. The Kier molecular flexibility index (Phi) is 5.85. The Morgan fingerprint density at radius 2 is 2.18 bits per heavy atom. The molecule has 1 aromatic rings. The quantitative estimate of drug-likeness (QED) is 0.583. The summed E-state index contributed by atoms with van der Waals surface area (Å²) in [7, 11) is 0. The van der Waals surface area contributed by atoms with Crippen LogP contribution in [0.15, 0.2) is 18.2 Å². The van der Waals surface area contributed by atoms with E-state index in [1.165, 1.54) is 12.1 Å². The minimum atomic E-state index is -2.96. The molecule has 0 aliphatic carbocycles. The number of hydrogen-bond donors (Lipinski definition) is 0. The van der Waals surface area contributed by atoms with Gasteiger partial charge in [-0.1, -0.05) is 28.1 Å². The molecule has 0 aliphatic heterocycles. The third kappa shape index (κ3) is 3.92. The number of alkyl halides is 4. The first-order valence-corrected chi connectivity index (χ1v) is 6.47. The predicted octanol–water partition coefficient (Wildman–Crippen LogP) is 3.99. The van der Waals surface area contributed by atoms with E-state index in [1.54, 1.807) is 6.07 Å². The van der Waals surface area contributed by atoms with Gasteiger partial charge in [-0.2, -0.15) is 8.78 Å². The number of carbonyl (C=O) groups is 1. The zero-order chi connectivity index (χ0) is 12.8. The summed E-state index contributed by atoms with van der Waals surface area (Å²) in [5.41, 5.74) is 0.637. The van der Waals surface area contributed by atoms with Gasteiger partial charge >= 0.3 is 6.61 Å². The summed E-state index contributed by atoms with van der Waals surface area (Å²) in [6.07, 6.45) is 0.202. The van der Waals surface area contributed by atoms with Crippen molar-refractivity contribution in [3.8, 4) is 5.75 Å². The van der Waals surface area contributed by atoms with E-state index in [9.17, 15) is 13.6 Å². The zero-order valence-corrected chi connectivity index (χ0v) is 11.1. The Hall–Kier alpha value is -0.680. The summed E-state index contributed by atoms with van der Waals surface area (Å²) in [4.78, 5) is 11.8. The monoisotopic (exact) mass is 326 g/mol. The number of Topliss-reactive ketones (excluding diaryl/α,β-unsaturated/α-hetero) is 1. The molecule has 0 heterocycles. The summed E-state index contributed by atoms with van der Waals surface area (Å²) in [6.45, 7) is -2.96. The lowest BCUT2D eigenvalue weighted by atomic mass is 10.0. The summed E-state index contributed by atoms with van der Waals surface area (Å²) < 4.78 is 28.7. The van der Waals surface area contributed by atoms with Gasteiger partial charge < -0.3 is 4.74 Å². The van der Waals surface area contributed by atoms with Crippen molar-refractivity contribution in [1.82, 2.24) is 0 Å². The van der Waals surface area contributed by atoms with Crippen LogP contribution in [0.3, 0.4) is 0 Å². The van der Waals surface area contributed by atoms with Crippen LogP contribution in [0.25, 0.3) is 0 Å². The fourth-order valence-electron chi connectivity index (χ4n) is 1.41. The molecule has 0 aromatic heterocycles. The molecule has 0 saturated carbocycles. The summed E-state index contributed by atoms with van der Waals surface area (Å²) in [6, 6.07) is 4.48. The van der Waals surface area contributed by atoms with E-state index in [1.807, 2.05) is 0 Å². The normalized spacial score (nSPS) is 10.6. The lowest BCUT2D eigenvalue weighted by Crippen LogP contribution is -2.10. The Bertz CT molecular complexity index is 399. The van der Waals surface area contributed by atoms with E-state index in [4.69, 9.17) is 11.6 Å². The van der Waals surface area contributed by atoms with Crippen molar-refractivity contribution in [2.45, 2.75) is 18.9 Å². The topological polar surface area (TPSA) is 26.3 Å². The highest BCUT2D eigenvalue weighted by Gasteiger charge is 2.18. The van der Waals surface area contributed by atoms with E-state index >= 15 is 0 Å². The molecule has 0 N–H and O–H groups in total. The molecule has 94 valence electrons. The van der Waals surface area contributed by atoms with Crippen LogP contribution < -0.4 is 4.74 Å². The minimum Gasteiger partial charge on any atom is -0.434 e. The highest BCUT2D eigenvalue weighted by molar-refractivity contribution is 9.09. The average Bonchev–Trinajstić information content (AvgIpc) is 2.28. The van der Waals surface area contributed by atoms with E-state index in [2.05, 4.69) is 20.7 Å².